The highest BCUT2D eigenvalue weighted by atomic mass is 16.7. The third-order valence-electron chi connectivity index (χ3n) is 2.41. The van der Waals surface area contributed by atoms with E-state index in [1.165, 1.54) is 0 Å². The van der Waals surface area contributed by atoms with Crippen LogP contribution in [-0.4, -0.2) is 62.3 Å². The molecule has 0 aliphatic carbocycles. The van der Waals surface area contributed by atoms with E-state index in [-0.39, 0.29) is 6.42 Å². The van der Waals surface area contributed by atoms with Gasteiger partial charge in [-0.25, -0.2) is 0 Å². The Morgan fingerprint density at radius 2 is 1.87 bits per heavy atom. The molecule has 5 N–H and O–H groups in total. The van der Waals surface area contributed by atoms with Gasteiger partial charge in [0.1, 0.15) is 24.4 Å². The molecule has 1 heterocycles. The molecule has 0 aromatic heterocycles. The molecule has 6 nitrogen and oxygen atoms in total. The summed E-state index contributed by atoms with van der Waals surface area (Å²) < 4.78 is 4.86. The Kier molecular flexibility index (Phi) is 3.67. The van der Waals surface area contributed by atoms with Crippen LogP contribution in [0.1, 0.15) is 6.42 Å². The smallest absolute Gasteiger partial charge is 0.206 e. The fraction of sp³-hybridized carbons (Fsp3) is 0.778. The van der Waals surface area contributed by atoms with Gasteiger partial charge in [0.15, 0.2) is 0 Å². The largest absolute Gasteiger partial charge is 0.394 e. The zero-order chi connectivity index (χ0) is 11.6. The van der Waals surface area contributed by atoms with Crippen molar-refractivity contribution in [3.05, 3.63) is 0 Å². The first-order valence-electron chi connectivity index (χ1n) is 4.45. The van der Waals surface area contributed by atoms with Crippen molar-refractivity contribution in [1.82, 2.24) is 0 Å². The average Bonchev–Trinajstić information content (AvgIpc) is 2.21. The maximum absolute atomic E-state index is 9.73. The molecule has 0 bridgehead atoms. The second kappa shape index (κ2) is 4.45. The van der Waals surface area contributed by atoms with Gasteiger partial charge in [-0.1, -0.05) is 0 Å². The van der Waals surface area contributed by atoms with E-state index in [4.69, 9.17) is 16.3 Å². The summed E-state index contributed by atoms with van der Waals surface area (Å²) in [5.74, 6) is -0.0591. The monoisotopic (exact) mass is 218 g/mol. The summed E-state index contributed by atoms with van der Waals surface area (Å²) in [6.07, 6.45) is -1.37. The van der Waals surface area contributed by atoms with Crippen LogP contribution >= 0.6 is 0 Å². The highest BCUT2D eigenvalue weighted by Gasteiger charge is 2.52. The van der Waals surface area contributed by atoms with E-state index in [2.05, 4.69) is 5.92 Å². The fourth-order valence-corrected chi connectivity index (χ4v) is 1.51. The Labute approximate surface area is 86.7 Å². The van der Waals surface area contributed by atoms with Gasteiger partial charge in [-0.15, -0.1) is 12.3 Å². The van der Waals surface area contributed by atoms with E-state index in [1.54, 1.807) is 0 Å². The van der Waals surface area contributed by atoms with E-state index in [1.807, 2.05) is 0 Å². The summed E-state index contributed by atoms with van der Waals surface area (Å²) in [7, 11) is 0. The lowest BCUT2D eigenvalue weighted by molar-refractivity contribution is -0.346. The third kappa shape index (κ3) is 2.13. The zero-order valence-electron chi connectivity index (χ0n) is 7.95. The van der Waals surface area contributed by atoms with Gasteiger partial charge in [0.2, 0.25) is 5.79 Å². The summed E-state index contributed by atoms with van der Waals surface area (Å²) in [6.45, 7) is -0.599. The standard InChI is InChI=1S/C9H14O6/c1-2-3-9(14)8(13)7(12)6(11)5(4-10)15-9/h1,5-8,10-14H,3-4H2/t5-,6-,7+,8-,9+/m1/s1. The first kappa shape index (κ1) is 12.4. The number of aliphatic hydroxyl groups is 5. The van der Waals surface area contributed by atoms with Crippen molar-refractivity contribution < 1.29 is 30.3 Å². The van der Waals surface area contributed by atoms with Crippen LogP contribution in [0.4, 0.5) is 0 Å². The average molecular weight is 218 g/mol. The van der Waals surface area contributed by atoms with Gasteiger partial charge in [0.05, 0.1) is 13.0 Å². The van der Waals surface area contributed by atoms with Crippen molar-refractivity contribution in [2.24, 2.45) is 0 Å². The van der Waals surface area contributed by atoms with Gasteiger partial charge >= 0.3 is 0 Å². The van der Waals surface area contributed by atoms with Gasteiger partial charge in [0.25, 0.3) is 0 Å². The number of ether oxygens (including phenoxy) is 1. The topological polar surface area (TPSA) is 110 Å². The molecule has 0 amide bonds. The van der Waals surface area contributed by atoms with Crippen LogP contribution in [0.5, 0.6) is 0 Å². The van der Waals surface area contributed by atoms with E-state index >= 15 is 0 Å². The second-order valence-electron chi connectivity index (χ2n) is 3.49. The van der Waals surface area contributed by atoms with E-state index < -0.39 is 36.8 Å². The molecule has 1 aliphatic heterocycles. The van der Waals surface area contributed by atoms with Crippen LogP contribution in [0.15, 0.2) is 0 Å². The molecule has 5 atom stereocenters. The number of aliphatic hydroxyl groups excluding tert-OH is 4. The summed E-state index contributed by atoms with van der Waals surface area (Å²) >= 11 is 0. The molecule has 15 heavy (non-hydrogen) atoms. The molecule has 1 rings (SSSR count). The minimum absolute atomic E-state index is 0.353. The predicted molar refractivity (Wildman–Crippen MR) is 48.4 cm³/mol. The Morgan fingerprint density at radius 3 is 2.33 bits per heavy atom. The fourth-order valence-electron chi connectivity index (χ4n) is 1.51. The Bertz CT molecular complexity index is 260. The Balaban J connectivity index is 2.88. The van der Waals surface area contributed by atoms with Crippen molar-refractivity contribution in [2.75, 3.05) is 6.61 Å². The highest BCUT2D eigenvalue weighted by molar-refractivity contribution is 5.02. The van der Waals surface area contributed by atoms with Crippen molar-refractivity contribution in [1.29, 1.82) is 0 Å². The molecule has 86 valence electrons. The van der Waals surface area contributed by atoms with E-state index in [9.17, 15) is 20.4 Å². The van der Waals surface area contributed by atoms with E-state index in [0.717, 1.165) is 0 Å². The third-order valence-corrected chi connectivity index (χ3v) is 2.41. The number of hydrogen-bond acceptors (Lipinski definition) is 6. The normalized spacial score (nSPS) is 46.1. The van der Waals surface area contributed by atoms with Crippen molar-refractivity contribution in [3.8, 4) is 12.3 Å². The van der Waals surface area contributed by atoms with Crippen LogP contribution in [0, 0.1) is 12.3 Å². The van der Waals surface area contributed by atoms with E-state index in [0.29, 0.717) is 0 Å². The summed E-state index contributed by atoms with van der Waals surface area (Å²) in [5.41, 5.74) is 0. The molecule has 0 saturated carbocycles. The first-order valence-corrected chi connectivity index (χ1v) is 4.45. The highest BCUT2D eigenvalue weighted by Crippen LogP contribution is 2.30. The van der Waals surface area contributed by atoms with Gasteiger partial charge in [0, 0.05) is 0 Å². The predicted octanol–water partition coefficient (Wildman–Crippen LogP) is -2.83. The quantitative estimate of drug-likeness (QED) is 0.320. The molecule has 1 fully saturated rings. The lowest BCUT2D eigenvalue weighted by Crippen LogP contribution is -2.65. The molecule has 0 unspecified atom stereocenters. The van der Waals surface area contributed by atoms with Crippen molar-refractivity contribution in [3.63, 3.8) is 0 Å². The molecule has 0 radical (unpaired) electrons. The molecule has 6 heteroatoms. The van der Waals surface area contributed by atoms with Crippen LogP contribution in [-0.2, 0) is 4.74 Å². The molecular weight excluding hydrogens is 204 g/mol. The second-order valence-corrected chi connectivity index (χ2v) is 3.49. The minimum atomic E-state index is -2.14. The number of terminal acetylenes is 1. The number of rotatable bonds is 2. The lowest BCUT2D eigenvalue weighted by atomic mass is 9.91. The molecule has 1 saturated heterocycles. The molecule has 1 aliphatic rings. The van der Waals surface area contributed by atoms with Crippen molar-refractivity contribution >= 4 is 0 Å². The summed E-state index contributed by atoms with van der Waals surface area (Å²) in [6, 6.07) is 0. The first-order chi connectivity index (χ1) is 6.96. The lowest BCUT2D eigenvalue weighted by Gasteiger charge is -2.44. The van der Waals surface area contributed by atoms with Gasteiger partial charge in [-0.05, 0) is 0 Å². The van der Waals surface area contributed by atoms with Crippen LogP contribution in [0.3, 0.4) is 0 Å². The Morgan fingerprint density at radius 1 is 1.27 bits per heavy atom. The molecule has 0 aromatic carbocycles. The number of hydrogen-bond donors (Lipinski definition) is 5. The van der Waals surface area contributed by atoms with Gasteiger partial charge < -0.3 is 30.3 Å². The molecular formula is C9H14O6. The zero-order valence-corrected chi connectivity index (χ0v) is 7.95. The summed E-state index contributed by atoms with van der Waals surface area (Å²) in [4.78, 5) is 0. The molecule has 0 aromatic rings. The molecule has 0 spiro atoms. The summed E-state index contributed by atoms with van der Waals surface area (Å²) in [5, 5.41) is 46.7. The van der Waals surface area contributed by atoms with Gasteiger partial charge in [-0.2, -0.15) is 0 Å². The van der Waals surface area contributed by atoms with Crippen LogP contribution in [0.2, 0.25) is 0 Å². The van der Waals surface area contributed by atoms with Crippen LogP contribution in [0.25, 0.3) is 0 Å². The maximum atomic E-state index is 9.73. The maximum Gasteiger partial charge on any atom is 0.206 e. The van der Waals surface area contributed by atoms with Crippen molar-refractivity contribution in [2.45, 2.75) is 36.6 Å². The Hall–Kier alpha value is -0.680. The SMILES string of the molecule is C#CC[C@]1(O)O[C@H](CO)[C@@H](O)[C@H](O)[C@H]1O. The minimum Gasteiger partial charge on any atom is -0.394 e. The van der Waals surface area contributed by atoms with Gasteiger partial charge in [-0.3, -0.25) is 0 Å². The van der Waals surface area contributed by atoms with Crippen LogP contribution < -0.4 is 0 Å².